The maximum absolute atomic E-state index is 13.5. The van der Waals surface area contributed by atoms with Gasteiger partial charge < -0.3 is 9.72 Å². The van der Waals surface area contributed by atoms with E-state index >= 15 is 0 Å². The number of alkyl halides is 3. The fourth-order valence-corrected chi connectivity index (χ4v) is 8.42. The van der Waals surface area contributed by atoms with Crippen molar-refractivity contribution < 1.29 is 26.3 Å². The molecule has 0 bridgehead atoms. The molecule has 11 heteroatoms. The number of aromatic nitrogens is 3. The molecule has 41 heavy (non-hydrogen) atoms. The van der Waals surface area contributed by atoms with Crippen LogP contribution < -0.4 is 4.74 Å². The highest BCUT2D eigenvalue weighted by molar-refractivity contribution is 7.91. The molecule has 7 nitrogen and oxygen atoms in total. The second-order valence-electron chi connectivity index (χ2n) is 11.3. The summed E-state index contributed by atoms with van der Waals surface area (Å²) < 4.78 is 71.1. The number of piperidine rings is 1. The van der Waals surface area contributed by atoms with Gasteiger partial charge >= 0.3 is 6.18 Å². The molecule has 4 heterocycles. The van der Waals surface area contributed by atoms with Crippen LogP contribution in [0.3, 0.4) is 0 Å². The van der Waals surface area contributed by atoms with Crippen molar-refractivity contribution >= 4 is 31.8 Å². The topological polar surface area (TPSA) is 88.2 Å². The van der Waals surface area contributed by atoms with Crippen molar-refractivity contribution in [3.63, 3.8) is 0 Å². The first-order chi connectivity index (χ1) is 19.7. The van der Waals surface area contributed by atoms with E-state index in [4.69, 9.17) is 4.74 Å². The summed E-state index contributed by atoms with van der Waals surface area (Å²) in [5.41, 5.74) is 2.19. The van der Waals surface area contributed by atoms with Gasteiger partial charge in [-0.1, -0.05) is 0 Å². The number of aromatic amines is 1. The van der Waals surface area contributed by atoms with Crippen LogP contribution in [0.2, 0.25) is 0 Å². The maximum Gasteiger partial charge on any atom is 0.416 e. The predicted octanol–water partition coefficient (Wildman–Crippen LogP) is 6.32. The van der Waals surface area contributed by atoms with Gasteiger partial charge in [0.05, 0.1) is 29.1 Å². The molecule has 1 saturated heterocycles. The molecule has 6 rings (SSSR count). The number of sulfone groups is 1. The number of hydrogen-bond donors (Lipinski definition) is 1. The lowest BCUT2D eigenvalue weighted by atomic mass is 9.82. The van der Waals surface area contributed by atoms with E-state index in [1.807, 2.05) is 23.4 Å². The summed E-state index contributed by atoms with van der Waals surface area (Å²) in [4.78, 5) is 14.0. The number of pyridine rings is 2. The van der Waals surface area contributed by atoms with Crippen LogP contribution in [0.15, 0.2) is 55.0 Å². The predicted molar refractivity (Wildman–Crippen MR) is 151 cm³/mol. The SMILES string of the molecule is O=S(=O)(CN1CCCC(COc2ccc(C(F)(F)F)cc2)C1)C1CCC(c2cc[nH]c3cnc4nccc4c23)CC1. The van der Waals surface area contributed by atoms with Gasteiger partial charge in [-0.05, 0) is 92.9 Å². The molecule has 1 unspecified atom stereocenters. The minimum Gasteiger partial charge on any atom is -0.493 e. The number of rotatable bonds is 7. The van der Waals surface area contributed by atoms with Crippen molar-refractivity contribution in [2.24, 2.45) is 5.92 Å². The number of nitrogens with one attached hydrogen (secondary N) is 1. The quantitative estimate of drug-likeness (QED) is 0.273. The molecule has 0 radical (unpaired) electrons. The Hall–Kier alpha value is -3.18. The van der Waals surface area contributed by atoms with Gasteiger partial charge in [0.15, 0.2) is 15.5 Å². The zero-order chi connectivity index (χ0) is 28.6. The molecular weight excluding hydrogens is 553 g/mol. The average molecular weight is 587 g/mol. The van der Waals surface area contributed by atoms with Gasteiger partial charge in [0, 0.05) is 35.6 Å². The molecule has 0 amide bonds. The third kappa shape index (κ3) is 6.06. The first kappa shape index (κ1) is 28.0. The van der Waals surface area contributed by atoms with Crippen molar-refractivity contribution in [3.05, 3.63) is 66.1 Å². The van der Waals surface area contributed by atoms with E-state index in [2.05, 4.69) is 21.0 Å². The Balaban J connectivity index is 1.04. The standard InChI is InChI=1S/C30H33F3N4O3S/c31-30(32,33)22-5-7-23(8-6-22)40-18-20-2-1-15-37(17-20)19-41(38,39)24-9-3-21(4-10-24)25-11-13-34-27-16-36-29-26(28(25)27)12-14-35-29/h5-8,11-14,16,20-21,24,34H,1-4,9-10,15,17-19H2. The highest BCUT2D eigenvalue weighted by Gasteiger charge is 2.35. The minimum atomic E-state index is -4.38. The Morgan fingerprint density at radius 1 is 1.00 bits per heavy atom. The Labute approximate surface area is 237 Å². The maximum atomic E-state index is 13.5. The normalized spacial score (nSPS) is 22.8. The molecule has 1 saturated carbocycles. The summed E-state index contributed by atoms with van der Waals surface area (Å²) >= 11 is 0. The van der Waals surface area contributed by atoms with Gasteiger partial charge in [-0.3, -0.25) is 4.90 Å². The van der Waals surface area contributed by atoms with Gasteiger partial charge in [0.1, 0.15) is 11.6 Å². The Bertz CT molecular complexity index is 1610. The monoisotopic (exact) mass is 586 g/mol. The number of likely N-dealkylation sites (tertiary alicyclic amines) is 1. The minimum absolute atomic E-state index is 0.0355. The number of H-pyrrole nitrogens is 1. The second kappa shape index (κ2) is 11.2. The molecule has 1 N–H and O–H groups in total. The van der Waals surface area contributed by atoms with Crippen molar-refractivity contribution in [1.29, 1.82) is 0 Å². The number of hydrogen-bond acceptors (Lipinski definition) is 6. The van der Waals surface area contributed by atoms with Gasteiger partial charge in [-0.25, -0.2) is 18.4 Å². The number of ether oxygens (including phenoxy) is 1. The molecule has 1 aliphatic carbocycles. The fraction of sp³-hybridized carbons (Fsp3) is 0.467. The Kier molecular flexibility index (Phi) is 7.67. The molecule has 4 aromatic rings. The van der Waals surface area contributed by atoms with Crippen molar-refractivity contribution in [1.82, 2.24) is 19.9 Å². The molecule has 1 aromatic carbocycles. The van der Waals surface area contributed by atoms with Gasteiger partial charge in [-0.2, -0.15) is 13.2 Å². The number of benzene rings is 1. The van der Waals surface area contributed by atoms with Crippen LogP contribution in [0.1, 0.15) is 55.6 Å². The van der Waals surface area contributed by atoms with Crippen LogP contribution in [0.4, 0.5) is 13.2 Å². The van der Waals surface area contributed by atoms with Crippen LogP contribution in [-0.4, -0.2) is 59.1 Å². The van der Waals surface area contributed by atoms with Gasteiger partial charge in [0.25, 0.3) is 0 Å². The van der Waals surface area contributed by atoms with Crippen LogP contribution in [0, 0.1) is 5.92 Å². The molecule has 0 spiro atoms. The number of nitrogens with zero attached hydrogens (tertiary/aromatic N) is 3. The molecule has 3 aromatic heterocycles. The van der Waals surface area contributed by atoms with Crippen molar-refractivity contribution in [2.45, 2.75) is 55.9 Å². The molecule has 218 valence electrons. The lowest BCUT2D eigenvalue weighted by Gasteiger charge is -2.35. The number of fused-ring (bicyclic) bond motifs is 3. The van der Waals surface area contributed by atoms with Crippen molar-refractivity contribution in [2.75, 3.05) is 25.6 Å². The Morgan fingerprint density at radius 3 is 2.54 bits per heavy atom. The molecule has 2 fully saturated rings. The smallest absolute Gasteiger partial charge is 0.416 e. The van der Waals surface area contributed by atoms with E-state index < -0.39 is 21.6 Å². The van der Waals surface area contributed by atoms with E-state index in [1.165, 1.54) is 17.7 Å². The highest BCUT2D eigenvalue weighted by Crippen LogP contribution is 2.40. The lowest BCUT2D eigenvalue weighted by Crippen LogP contribution is -2.43. The molecule has 2 aliphatic rings. The first-order valence-corrected chi connectivity index (χ1v) is 15.8. The number of halogens is 3. The summed E-state index contributed by atoms with van der Waals surface area (Å²) in [7, 11) is -3.31. The van der Waals surface area contributed by atoms with Crippen LogP contribution in [0.25, 0.3) is 21.9 Å². The average Bonchev–Trinajstić information content (AvgIpc) is 3.45. The largest absolute Gasteiger partial charge is 0.493 e. The summed E-state index contributed by atoms with van der Waals surface area (Å²) in [6.45, 7) is 1.66. The molecular formula is C30H33F3N4O3S. The van der Waals surface area contributed by atoms with E-state index in [-0.39, 0.29) is 23.0 Å². The van der Waals surface area contributed by atoms with Gasteiger partial charge in [0.2, 0.25) is 0 Å². The zero-order valence-electron chi connectivity index (χ0n) is 22.6. The van der Waals surface area contributed by atoms with E-state index in [1.54, 1.807) is 6.20 Å². The summed E-state index contributed by atoms with van der Waals surface area (Å²) in [6, 6.07) is 8.78. The van der Waals surface area contributed by atoms with Crippen LogP contribution in [-0.2, 0) is 16.0 Å². The van der Waals surface area contributed by atoms with E-state index in [0.29, 0.717) is 31.7 Å². The first-order valence-electron chi connectivity index (χ1n) is 14.1. The summed E-state index contributed by atoms with van der Waals surface area (Å²) in [6.07, 6.45) is 5.77. The lowest BCUT2D eigenvalue weighted by molar-refractivity contribution is -0.137. The zero-order valence-corrected chi connectivity index (χ0v) is 23.4. The second-order valence-corrected chi connectivity index (χ2v) is 13.6. The van der Waals surface area contributed by atoms with Crippen LogP contribution >= 0.6 is 0 Å². The molecule has 1 aliphatic heterocycles. The highest BCUT2D eigenvalue weighted by atomic mass is 32.2. The van der Waals surface area contributed by atoms with Crippen molar-refractivity contribution in [3.8, 4) is 5.75 Å². The third-order valence-electron chi connectivity index (χ3n) is 8.58. The summed E-state index contributed by atoms with van der Waals surface area (Å²) in [5, 5.41) is 1.79. The van der Waals surface area contributed by atoms with E-state index in [0.717, 1.165) is 66.3 Å². The fourth-order valence-electron chi connectivity index (χ4n) is 6.48. The molecule has 1 atom stereocenters. The third-order valence-corrected chi connectivity index (χ3v) is 10.8. The Morgan fingerprint density at radius 2 is 1.78 bits per heavy atom. The van der Waals surface area contributed by atoms with Gasteiger partial charge in [-0.15, -0.1) is 0 Å². The van der Waals surface area contributed by atoms with Crippen LogP contribution in [0.5, 0.6) is 5.75 Å². The van der Waals surface area contributed by atoms with E-state index in [9.17, 15) is 21.6 Å². The summed E-state index contributed by atoms with van der Waals surface area (Å²) in [5.74, 6) is 0.821.